The van der Waals surface area contributed by atoms with E-state index in [2.05, 4.69) is 4.98 Å². The molecule has 1 aromatic carbocycles. The van der Waals surface area contributed by atoms with Crippen LogP contribution in [0.15, 0.2) is 24.4 Å². The molecule has 1 aliphatic rings. The Morgan fingerprint density at radius 1 is 1.44 bits per heavy atom. The van der Waals surface area contributed by atoms with Gasteiger partial charge in [0.1, 0.15) is 0 Å². The van der Waals surface area contributed by atoms with Crippen LogP contribution < -0.4 is 0 Å². The summed E-state index contributed by atoms with van der Waals surface area (Å²) in [5.41, 5.74) is 0.443. The monoisotopic (exact) mass is 345 g/mol. The molecule has 1 saturated heterocycles. The first-order chi connectivity index (χ1) is 11.8. The quantitative estimate of drug-likeness (QED) is 0.651. The highest BCUT2D eigenvalue weighted by molar-refractivity contribution is 5.90. The number of nitrogens with one attached hydrogen (secondary N) is 1. The van der Waals surface area contributed by atoms with Crippen LogP contribution in [0.5, 0.6) is 0 Å². The molecule has 1 aliphatic heterocycles. The molecule has 1 unspecified atom stereocenters. The predicted octanol–water partition coefficient (Wildman–Crippen LogP) is 2.33. The van der Waals surface area contributed by atoms with Crippen LogP contribution >= 0.6 is 0 Å². The molecule has 3 rings (SSSR count). The third-order valence-corrected chi connectivity index (χ3v) is 4.87. The molecule has 25 heavy (non-hydrogen) atoms. The first-order valence-corrected chi connectivity index (χ1v) is 8.06. The zero-order valence-electron chi connectivity index (χ0n) is 13.8. The van der Waals surface area contributed by atoms with E-state index in [4.69, 9.17) is 0 Å². The molecule has 0 bridgehead atoms. The number of aliphatic carboxylic acids is 1. The van der Waals surface area contributed by atoms with E-state index in [1.807, 2.05) is 0 Å². The van der Waals surface area contributed by atoms with Gasteiger partial charge in [0.2, 0.25) is 5.91 Å². The Morgan fingerprint density at radius 2 is 2.20 bits per heavy atom. The van der Waals surface area contributed by atoms with Gasteiger partial charge in [-0.2, -0.15) is 0 Å². The number of aromatic nitrogens is 1. The van der Waals surface area contributed by atoms with E-state index in [0.29, 0.717) is 30.3 Å². The van der Waals surface area contributed by atoms with Gasteiger partial charge in [0.05, 0.1) is 16.8 Å². The van der Waals surface area contributed by atoms with Crippen molar-refractivity contribution in [2.45, 2.75) is 26.2 Å². The minimum absolute atomic E-state index is 0.0303. The van der Waals surface area contributed by atoms with Crippen molar-refractivity contribution in [3.05, 3.63) is 40.1 Å². The van der Waals surface area contributed by atoms with Crippen molar-refractivity contribution in [3.63, 3.8) is 0 Å². The molecule has 8 nitrogen and oxygen atoms in total. The molecule has 1 amide bonds. The molecule has 1 atom stereocenters. The molecule has 0 saturated carbocycles. The van der Waals surface area contributed by atoms with Gasteiger partial charge in [-0.15, -0.1) is 0 Å². The lowest BCUT2D eigenvalue weighted by molar-refractivity contribution is -0.384. The van der Waals surface area contributed by atoms with Gasteiger partial charge >= 0.3 is 5.97 Å². The van der Waals surface area contributed by atoms with Crippen molar-refractivity contribution in [3.8, 4) is 0 Å². The zero-order chi connectivity index (χ0) is 18.2. The number of likely N-dealkylation sites (tertiary alicyclic amines) is 1. The fourth-order valence-corrected chi connectivity index (χ4v) is 3.33. The Balaban J connectivity index is 1.81. The number of piperidine rings is 1. The summed E-state index contributed by atoms with van der Waals surface area (Å²) in [4.78, 5) is 39.1. The van der Waals surface area contributed by atoms with Crippen molar-refractivity contribution in [1.82, 2.24) is 9.88 Å². The smallest absolute Gasteiger partial charge is 0.311 e. The number of H-pyrrole nitrogens is 1. The van der Waals surface area contributed by atoms with Gasteiger partial charge in [-0.3, -0.25) is 19.7 Å². The van der Waals surface area contributed by atoms with E-state index in [0.717, 1.165) is 5.52 Å². The lowest BCUT2D eigenvalue weighted by Gasteiger charge is -2.37. The average Bonchev–Trinajstić information content (AvgIpc) is 2.97. The third kappa shape index (κ3) is 3.19. The second-order valence-electron chi connectivity index (χ2n) is 6.76. The molecule has 0 radical (unpaired) electrons. The van der Waals surface area contributed by atoms with Crippen molar-refractivity contribution < 1.29 is 19.6 Å². The fourth-order valence-electron chi connectivity index (χ4n) is 3.33. The molecule has 2 N–H and O–H groups in total. The van der Waals surface area contributed by atoms with Crippen LogP contribution in [0.25, 0.3) is 10.9 Å². The first-order valence-electron chi connectivity index (χ1n) is 8.06. The van der Waals surface area contributed by atoms with E-state index in [1.54, 1.807) is 24.1 Å². The highest BCUT2D eigenvalue weighted by atomic mass is 16.6. The number of non-ortho nitro benzene ring substituents is 1. The number of carboxylic acids is 1. The number of rotatable bonds is 4. The number of carbonyl (C=O) groups excluding carboxylic acids is 1. The number of hydrogen-bond donors (Lipinski definition) is 2. The van der Waals surface area contributed by atoms with Crippen molar-refractivity contribution in [2.75, 3.05) is 13.1 Å². The molecule has 2 aromatic rings. The molecular formula is C17H19N3O5. The van der Waals surface area contributed by atoms with Gasteiger partial charge in [0, 0.05) is 42.3 Å². The van der Waals surface area contributed by atoms with Gasteiger partial charge < -0.3 is 15.0 Å². The number of carboxylic acid groups (broad SMARTS) is 1. The van der Waals surface area contributed by atoms with Crippen LogP contribution in [0.2, 0.25) is 0 Å². The number of benzene rings is 1. The van der Waals surface area contributed by atoms with Gasteiger partial charge in [0.15, 0.2) is 0 Å². The van der Waals surface area contributed by atoms with Crippen LogP contribution in [0.3, 0.4) is 0 Å². The highest BCUT2D eigenvalue weighted by Crippen LogP contribution is 2.30. The Morgan fingerprint density at radius 3 is 2.88 bits per heavy atom. The number of aromatic amines is 1. The zero-order valence-corrected chi connectivity index (χ0v) is 13.8. The van der Waals surface area contributed by atoms with Gasteiger partial charge in [-0.1, -0.05) is 0 Å². The topological polar surface area (TPSA) is 117 Å². The number of carbonyl (C=O) groups is 2. The normalized spacial score (nSPS) is 20.6. The molecule has 2 heterocycles. The summed E-state index contributed by atoms with van der Waals surface area (Å²) in [5, 5.41) is 21.0. The van der Waals surface area contributed by atoms with E-state index >= 15 is 0 Å². The standard InChI is InChI=1S/C17H19N3O5/c1-17(16(22)23)5-2-6-19(10-17)15(21)7-11-9-18-14-4-3-12(20(24)25)8-13(11)14/h3-4,8-9,18H,2,5-7,10H2,1H3,(H,22,23). The largest absolute Gasteiger partial charge is 0.481 e. The summed E-state index contributed by atoms with van der Waals surface area (Å²) in [6.07, 6.45) is 2.95. The summed E-state index contributed by atoms with van der Waals surface area (Å²) in [6, 6.07) is 4.48. The summed E-state index contributed by atoms with van der Waals surface area (Å²) in [7, 11) is 0. The number of nitro benzene ring substituents is 1. The van der Waals surface area contributed by atoms with Crippen molar-refractivity contribution in [1.29, 1.82) is 0 Å². The molecule has 1 aromatic heterocycles. The number of nitro groups is 1. The van der Waals surface area contributed by atoms with Crippen molar-refractivity contribution in [2.24, 2.45) is 5.41 Å². The van der Waals surface area contributed by atoms with Crippen molar-refractivity contribution >= 4 is 28.5 Å². The van der Waals surface area contributed by atoms with Crippen LogP contribution in [-0.4, -0.2) is 44.9 Å². The van der Waals surface area contributed by atoms with E-state index < -0.39 is 16.3 Å². The number of amides is 1. The maximum absolute atomic E-state index is 12.6. The Kier molecular flexibility index (Phi) is 4.20. The maximum Gasteiger partial charge on any atom is 0.311 e. The second kappa shape index (κ2) is 6.19. The van der Waals surface area contributed by atoms with E-state index in [9.17, 15) is 24.8 Å². The summed E-state index contributed by atoms with van der Waals surface area (Å²) in [5.74, 6) is -1.06. The predicted molar refractivity (Wildman–Crippen MR) is 90.2 cm³/mol. The summed E-state index contributed by atoms with van der Waals surface area (Å²) >= 11 is 0. The first kappa shape index (κ1) is 16.9. The van der Waals surface area contributed by atoms with Crippen LogP contribution in [0.4, 0.5) is 5.69 Å². The molecular weight excluding hydrogens is 326 g/mol. The molecule has 0 aliphatic carbocycles. The maximum atomic E-state index is 12.6. The van der Waals surface area contributed by atoms with Gasteiger partial charge in [-0.05, 0) is 31.4 Å². The lowest BCUT2D eigenvalue weighted by atomic mass is 9.82. The molecule has 1 fully saturated rings. The Labute approximate surface area is 143 Å². The highest BCUT2D eigenvalue weighted by Gasteiger charge is 2.39. The summed E-state index contributed by atoms with van der Waals surface area (Å²) < 4.78 is 0. The molecule has 0 spiro atoms. The minimum atomic E-state index is -0.924. The Bertz CT molecular complexity index is 859. The van der Waals surface area contributed by atoms with Gasteiger partial charge in [-0.25, -0.2) is 0 Å². The number of fused-ring (bicyclic) bond motifs is 1. The second-order valence-corrected chi connectivity index (χ2v) is 6.76. The van der Waals surface area contributed by atoms with Crippen LogP contribution in [0.1, 0.15) is 25.3 Å². The van der Waals surface area contributed by atoms with E-state index in [-0.39, 0.29) is 24.6 Å². The fraction of sp³-hybridized carbons (Fsp3) is 0.412. The van der Waals surface area contributed by atoms with E-state index in [1.165, 1.54) is 12.1 Å². The van der Waals surface area contributed by atoms with Gasteiger partial charge in [0.25, 0.3) is 5.69 Å². The SMILES string of the molecule is CC1(C(=O)O)CCCN(C(=O)Cc2c[nH]c3ccc([N+](=O)[O-])cc23)C1. The van der Waals surface area contributed by atoms with Crippen LogP contribution in [0, 0.1) is 15.5 Å². The number of hydrogen-bond acceptors (Lipinski definition) is 4. The third-order valence-electron chi connectivity index (χ3n) is 4.87. The minimum Gasteiger partial charge on any atom is -0.481 e. The average molecular weight is 345 g/mol. The summed E-state index contributed by atoms with van der Waals surface area (Å²) in [6.45, 7) is 2.37. The van der Waals surface area contributed by atoms with Crippen LogP contribution in [-0.2, 0) is 16.0 Å². The Hall–Kier alpha value is -2.90. The molecule has 8 heteroatoms. The molecule has 132 valence electrons. The number of nitrogens with zero attached hydrogens (tertiary/aromatic N) is 2. The lowest BCUT2D eigenvalue weighted by Crippen LogP contribution is -2.48.